The molecule has 0 aromatic rings. The predicted molar refractivity (Wildman–Crippen MR) is 54.2 cm³/mol. The lowest BCUT2D eigenvalue weighted by Crippen LogP contribution is -2.21. The van der Waals surface area contributed by atoms with Crippen molar-refractivity contribution in [2.45, 2.75) is 47.0 Å². The maximum absolute atomic E-state index is 10.1. The predicted octanol–water partition coefficient (Wildman–Crippen LogP) is 2.68. The lowest BCUT2D eigenvalue weighted by Gasteiger charge is -2.11. The van der Waals surface area contributed by atoms with Gasteiger partial charge < -0.3 is 4.90 Å². The molecule has 12 heavy (non-hydrogen) atoms. The maximum atomic E-state index is 10.1. The molecule has 0 atom stereocenters. The first-order valence-corrected chi connectivity index (χ1v) is 4.95. The fourth-order valence-corrected chi connectivity index (χ4v) is 0.573. The van der Waals surface area contributed by atoms with Crippen molar-refractivity contribution in [2.75, 3.05) is 13.1 Å². The van der Waals surface area contributed by atoms with Gasteiger partial charge in [0.05, 0.1) is 0 Å². The number of nitrogens with zero attached hydrogens (tertiary/aromatic N) is 1. The molecule has 2 heteroatoms. The standard InChI is InChI=1S/C6H13NO.C4H10/c1-3-5-7(4-2)6-8;1-3-4-2/h6H,3-5H2,1-2H3;3-4H2,1-2H3. The van der Waals surface area contributed by atoms with Gasteiger partial charge in [-0.1, -0.05) is 33.6 Å². The van der Waals surface area contributed by atoms with E-state index in [0.717, 1.165) is 25.9 Å². The molecule has 0 radical (unpaired) electrons. The van der Waals surface area contributed by atoms with E-state index in [2.05, 4.69) is 20.8 Å². The van der Waals surface area contributed by atoms with Gasteiger partial charge in [-0.15, -0.1) is 0 Å². The molecule has 2 nitrogen and oxygen atoms in total. The zero-order chi connectivity index (χ0) is 9.82. The zero-order valence-electron chi connectivity index (χ0n) is 8.97. The molecule has 0 aliphatic heterocycles. The van der Waals surface area contributed by atoms with Crippen LogP contribution in [0.1, 0.15) is 47.0 Å². The fourth-order valence-electron chi connectivity index (χ4n) is 0.573. The minimum Gasteiger partial charge on any atom is -0.346 e. The Bertz CT molecular complexity index is 81.9. The number of unbranched alkanes of at least 4 members (excludes halogenated alkanes) is 1. The summed E-state index contributed by atoms with van der Waals surface area (Å²) >= 11 is 0. The molecule has 0 saturated heterocycles. The van der Waals surface area contributed by atoms with Crippen LogP contribution in [0.15, 0.2) is 0 Å². The molecule has 0 fully saturated rings. The van der Waals surface area contributed by atoms with E-state index in [0.29, 0.717) is 0 Å². The van der Waals surface area contributed by atoms with Gasteiger partial charge in [-0.2, -0.15) is 0 Å². The Labute approximate surface area is 77.0 Å². The van der Waals surface area contributed by atoms with Crippen LogP contribution in [0.4, 0.5) is 0 Å². The molecule has 0 saturated carbocycles. The van der Waals surface area contributed by atoms with Crippen LogP contribution in [-0.2, 0) is 4.79 Å². The van der Waals surface area contributed by atoms with Crippen molar-refractivity contribution >= 4 is 6.41 Å². The van der Waals surface area contributed by atoms with Crippen molar-refractivity contribution in [3.8, 4) is 0 Å². The number of rotatable bonds is 5. The summed E-state index contributed by atoms with van der Waals surface area (Å²) in [7, 11) is 0. The van der Waals surface area contributed by atoms with Gasteiger partial charge in [0.1, 0.15) is 0 Å². The van der Waals surface area contributed by atoms with Crippen LogP contribution in [-0.4, -0.2) is 24.4 Å². The quantitative estimate of drug-likeness (QED) is 0.585. The van der Waals surface area contributed by atoms with Crippen LogP contribution >= 0.6 is 0 Å². The van der Waals surface area contributed by atoms with Gasteiger partial charge in [-0.3, -0.25) is 4.79 Å². The average Bonchev–Trinajstić information content (AvgIpc) is 2.14. The van der Waals surface area contributed by atoms with Gasteiger partial charge in [-0.05, 0) is 13.3 Å². The highest BCUT2D eigenvalue weighted by atomic mass is 16.1. The minimum absolute atomic E-state index is 0.831. The molecule has 0 aromatic carbocycles. The van der Waals surface area contributed by atoms with E-state index in [4.69, 9.17) is 0 Å². The Morgan fingerprint density at radius 3 is 1.58 bits per heavy atom. The Balaban J connectivity index is 0. The second-order valence-electron chi connectivity index (χ2n) is 2.73. The molecule has 0 unspecified atom stereocenters. The molecule has 74 valence electrons. The van der Waals surface area contributed by atoms with Gasteiger partial charge in [-0.25, -0.2) is 0 Å². The van der Waals surface area contributed by atoms with Gasteiger partial charge >= 0.3 is 0 Å². The van der Waals surface area contributed by atoms with Crippen LogP contribution < -0.4 is 0 Å². The molecule has 0 aliphatic carbocycles. The van der Waals surface area contributed by atoms with E-state index in [9.17, 15) is 4.79 Å². The third-order valence-corrected chi connectivity index (χ3v) is 1.57. The van der Waals surface area contributed by atoms with E-state index < -0.39 is 0 Å². The first kappa shape index (κ1) is 14.0. The van der Waals surface area contributed by atoms with Crippen molar-refractivity contribution < 1.29 is 4.79 Å². The highest BCUT2D eigenvalue weighted by Crippen LogP contribution is 1.83. The average molecular weight is 173 g/mol. The summed E-state index contributed by atoms with van der Waals surface area (Å²) in [6.45, 7) is 10.1. The van der Waals surface area contributed by atoms with Crippen LogP contribution in [0.5, 0.6) is 0 Å². The Morgan fingerprint density at radius 1 is 1.00 bits per heavy atom. The zero-order valence-corrected chi connectivity index (χ0v) is 8.97. The number of hydrogen-bond donors (Lipinski definition) is 0. The lowest BCUT2D eigenvalue weighted by atomic mass is 10.4. The van der Waals surface area contributed by atoms with Crippen LogP contribution in [0, 0.1) is 0 Å². The highest BCUT2D eigenvalue weighted by molar-refractivity contribution is 5.46. The SMILES string of the molecule is CCCC.CCCN(C=O)CC. The first-order valence-electron chi connectivity index (χ1n) is 4.95. The van der Waals surface area contributed by atoms with Crippen LogP contribution in [0.3, 0.4) is 0 Å². The van der Waals surface area contributed by atoms with Crippen molar-refractivity contribution in [3.63, 3.8) is 0 Å². The first-order chi connectivity index (χ1) is 5.76. The monoisotopic (exact) mass is 173 g/mol. The van der Waals surface area contributed by atoms with Crippen molar-refractivity contribution in [1.29, 1.82) is 0 Å². The van der Waals surface area contributed by atoms with Crippen molar-refractivity contribution in [3.05, 3.63) is 0 Å². The van der Waals surface area contributed by atoms with E-state index in [-0.39, 0.29) is 0 Å². The second-order valence-corrected chi connectivity index (χ2v) is 2.73. The Kier molecular flexibility index (Phi) is 15.3. The summed E-state index contributed by atoms with van der Waals surface area (Å²) in [4.78, 5) is 11.8. The van der Waals surface area contributed by atoms with Gasteiger partial charge in [0.2, 0.25) is 6.41 Å². The van der Waals surface area contributed by atoms with Crippen LogP contribution in [0.2, 0.25) is 0 Å². The smallest absolute Gasteiger partial charge is 0.209 e. The molecule has 0 spiro atoms. The summed E-state index contributed by atoms with van der Waals surface area (Å²) in [5.41, 5.74) is 0. The van der Waals surface area contributed by atoms with Crippen LogP contribution in [0.25, 0.3) is 0 Å². The van der Waals surface area contributed by atoms with Gasteiger partial charge in [0.15, 0.2) is 0 Å². The number of amides is 1. The van der Waals surface area contributed by atoms with Crippen molar-refractivity contribution in [2.24, 2.45) is 0 Å². The highest BCUT2D eigenvalue weighted by Gasteiger charge is 1.91. The van der Waals surface area contributed by atoms with Gasteiger partial charge in [0.25, 0.3) is 0 Å². The number of carbonyl (C=O) groups excluding carboxylic acids is 1. The molecule has 0 aromatic heterocycles. The molecule has 0 heterocycles. The van der Waals surface area contributed by atoms with E-state index in [1.165, 1.54) is 12.8 Å². The summed E-state index contributed by atoms with van der Waals surface area (Å²) in [6.07, 6.45) is 4.58. The Morgan fingerprint density at radius 2 is 1.50 bits per heavy atom. The van der Waals surface area contributed by atoms with Crippen molar-refractivity contribution in [1.82, 2.24) is 4.90 Å². The Hall–Kier alpha value is -0.530. The third kappa shape index (κ3) is 12.2. The fraction of sp³-hybridized carbons (Fsp3) is 0.900. The molecule has 0 N–H and O–H groups in total. The molecule has 0 aliphatic rings. The van der Waals surface area contributed by atoms with E-state index >= 15 is 0 Å². The topological polar surface area (TPSA) is 20.3 Å². The largest absolute Gasteiger partial charge is 0.346 e. The molecule has 0 bridgehead atoms. The summed E-state index contributed by atoms with van der Waals surface area (Å²) in [5, 5.41) is 0. The number of carbonyl (C=O) groups is 1. The second kappa shape index (κ2) is 13.1. The summed E-state index contributed by atoms with van der Waals surface area (Å²) < 4.78 is 0. The van der Waals surface area contributed by atoms with E-state index in [1.807, 2.05) is 6.92 Å². The molecule has 1 amide bonds. The number of hydrogen-bond acceptors (Lipinski definition) is 1. The molecular formula is C10H23NO. The molecule has 0 rings (SSSR count). The van der Waals surface area contributed by atoms with E-state index in [1.54, 1.807) is 4.90 Å². The lowest BCUT2D eigenvalue weighted by molar-refractivity contribution is -0.118. The summed E-state index contributed by atoms with van der Waals surface area (Å²) in [5.74, 6) is 0. The maximum Gasteiger partial charge on any atom is 0.209 e. The minimum atomic E-state index is 0.831. The normalized spacial score (nSPS) is 8.33. The van der Waals surface area contributed by atoms with Gasteiger partial charge in [0, 0.05) is 13.1 Å². The third-order valence-electron chi connectivity index (χ3n) is 1.57. The summed E-state index contributed by atoms with van der Waals surface area (Å²) in [6, 6.07) is 0. The molecular weight excluding hydrogens is 150 g/mol.